The van der Waals surface area contributed by atoms with Crippen LogP contribution in [0.2, 0.25) is 5.02 Å². The van der Waals surface area contributed by atoms with Crippen molar-refractivity contribution < 1.29 is 41.8 Å². The van der Waals surface area contributed by atoms with E-state index in [0.29, 0.717) is 89.7 Å². The smallest absolute Gasteiger partial charge is 0.426 e. The van der Waals surface area contributed by atoms with Gasteiger partial charge in [-0.05, 0) is 43.5 Å². The number of alkyl carbamates (subject to hydrolysis) is 1. The summed E-state index contributed by atoms with van der Waals surface area (Å²) in [4.78, 5) is 58.7. The van der Waals surface area contributed by atoms with E-state index in [4.69, 9.17) is 25.8 Å². The van der Waals surface area contributed by atoms with Crippen molar-refractivity contribution in [1.82, 2.24) is 40.9 Å². The highest BCUT2D eigenvalue weighted by molar-refractivity contribution is 7.17. The minimum absolute atomic E-state index is 0.000361. The van der Waals surface area contributed by atoms with Gasteiger partial charge in [-0.25, -0.2) is 30.6 Å². The molecule has 0 saturated carbocycles. The maximum absolute atomic E-state index is 13.8. The summed E-state index contributed by atoms with van der Waals surface area (Å²) in [7, 11) is 0. The number of alkyl halides is 3. The zero-order chi connectivity index (χ0) is 44.3. The number of hydrogen-bond acceptors (Lipinski definition) is 15. The van der Waals surface area contributed by atoms with E-state index in [-0.39, 0.29) is 56.8 Å². The molecule has 2 aliphatic rings. The average Bonchev–Trinajstić information content (AvgIpc) is 3.94. The lowest BCUT2D eigenvalue weighted by molar-refractivity contribution is -0.165. The van der Waals surface area contributed by atoms with Crippen LogP contribution in [0, 0.1) is 13.8 Å². The molecule has 2 aromatic carbocycles. The first kappa shape index (κ1) is 46.3. The van der Waals surface area contributed by atoms with Gasteiger partial charge in [-0.1, -0.05) is 59.3 Å². The molecule has 3 amide bonds. The number of hydrazine groups is 1. The quantitative estimate of drug-likeness (QED) is 0.0588. The summed E-state index contributed by atoms with van der Waals surface area (Å²) in [5.74, 6) is 1.14. The Labute approximate surface area is 365 Å². The molecule has 2 aliphatic heterocycles. The summed E-state index contributed by atoms with van der Waals surface area (Å²) >= 11 is 7.46. The van der Waals surface area contributed by atoms with Crippen LogP contribution in [-0.2, 0) is 31.2 Å². The molecule has 334 valence electrons. The minimum Gasteiger partial charge on any atom is -0.447 e. The number of aromatic nitrogens is 3. The number of rotatable bonds is 20. The number of aryl methyl sites for hydroxylation is 2. The molecule has 62 heavy (non-hydrogen) atoms. The van der Waals surface area contributed by atoms with Gasteiger partial charge in [0.05, 0.1) is 43.3 Å². The molecule has 0 bridgehead atoms. The van der Waals surface area contributed by atoms with E-state index in [1.54, 1.807) is 36.1 Å². The van der Waals surface area contributed by atoms with Crippen LogP contribution in [0.4, 0.5) is 40.4 Å². The number of nitrogens with zero attached hydrogens (tertiary/aromatic N) is 6. The molecule has 22 heteroatoms. The molecule has 0 unspecified atom stereocenters. The van der Waals surface area contributed by atoms with Gasteiger partial charge in [-0.15, -0.1) is 0 Å². The molecule has 4 heterocycles. The number of hydrogen-bond donors (Lipinski definition) is 5. The maximum Gasteiger partial charge on any atom is 0.426 e. The number of nitrogens with one attached hydrogen (secondary N) is 5. The minimum atomic E-state index is -4.55. The number of anilines is 4. The summed E-state index contributed by atoms with van der Waals surface area (Å²) in [6.07, 6.45) is -3.74. The van der Waals surface area contributed by atoms with E-state index in [0.717, 1.165) is 5.56 Å². The van der Waals surface area contributed by atoms with Gasteiger partial charge in [-0.2, -0.15) is 13.2 Å². The molecule has 0 aliphatic carbocycles. The molecular weight excluding hydrogens is 855 g/mol. The largest absolute Gasteiger partial charge is 0.447 e. The Balaban J connectivity index is 1.02. The van der Waals surface area contributed by atoms with Crippen molar-refractivity contribution in [3.63, 3.8) is 0 Å². The van der Waals surface area contributed by atoms with E-state index in [9.17, 15) is 27.6 Å². The Morgan fingerprint density at radius 2 is 1.71 bits per heavy atom. The normalized spacial score (nSPS) is 14.9. The van der Waals surface area contributed by atoms with Crippen molar-refractivity contribution in [1.29, 1.82) is 0 Å². The lowest BCUT2D eigenvalue weighted by Gasteiger charge is -2.36. The topological polar surface area (TPSA) is 207 Å². The Kier molecular flexibility index (Phi) is 15.9. The predicted octanol–water partition coefficient (Wildman–Crippen LogP) is 4.95. The second-order valence-corrected chi connectivity index (χ2v) is 15.8. The zero-order valence-corrected chi connectivity index (χ0v) is 36.0. The standard InChI is InChI=1S/C40H49ClF3N11O6S/c1-4-59-18-19-60-20-21-61-38(58)45-12-13-55(24-28-8-10-29(11-9-28)39(51-52-39)40(42,43)44)34(56)25-53-14-16-54(17-15-53)33-22-32(47-27(3)48-33)49-37-46-23-31(62-37)36(57)50-35-26(2)6-5-7-30(35)41/h5-11,22-23,51-52H,4,12-21,24-25H2,1-3H3,(H,45,58)(H,50,57)(H,46,47,48,49). The maximum atomic E-state index is 13.8. The van der Waals surface area contributed by atoms with Gasteiger partial charge in [0, 0.05) is 58.5 Å². The zero-order valence-electron chi connectivity index (χ0n) is 34.4. The van der Waals surface area contributed by atoms with E-state index < -0.39 is 17.9 Å². The number of amides is 3. The SMILES string of the molecule is CCOCCOCCOC(=O)NCCN(Cc1ccc(C2(C(F)(F)F)NN2)cc1)C(=O)CN1CCN(c2cc(Nc3ncc(C(=O)Nc4c(C)cccc4Cl)s3)nc(C)n2)CC1. The van der Waals surface area contributed by atoms with Gasteiger partial charge in [0.1, 0.15) is 28.9 Å². The molecule has 2 saturated heterocycles. The van der Waals surface area contributed by atoms with E-state index in [1.165, 1.54) is 29.7 Å². The number of ether oxygens (including phenoxy) is 3. The van der Waals surface area contributed by atoms with Crippen LogP contribution in [0.5, 0.6) is 0 Å². The van der Waals surface area contributed by atoms with Crippen LogP contribution in [0.15, 0.2) is 54.7 Å². The first-order chi connectivity index (χ1) is 29.7. The number of benzene rings is 2. The molecule has 2 aromatic heterocycles. The molecule has 4 aromatic rings. The van der Waals surface area contributed by atoms with Crippen molar-refractivity contribution in [3.8, 4) is 0 Å². The number of carbonyl (C=O) groups excluding carboxylic acids is 3. The molecule has 17 nitrogen and oxygen atoms in total. The number of piperazine rings is 1. The second kappa shape index (κ2) is 21.3. The molecular formula is C40H49ClF3N11O6S. The van der Waals surface area contributed by atoms with Crippen LogP contribution in [0.25, 0.3) is 0 Å². The molecule has 5 N–H and O–H groups in total. The lowest BCUT2D eigenvalue weighted by atomic mass is 10.0. The monoisotopic (exact) mass is 903 g/mol. The van der Waals surface area contributed by atoms with Gasteiger partial charge >= 0.3 is 12.3 Å². The Bertz CT molecular complexity index is 2130. The fourth-order valence-corrected chi connectivity index (χ4v) is 7.49. The summed E-state index contributed by atoms with van der Waals surface area (Å²) in [6, 6.07) is 13.0. The molecule has 0 atom stereocenters. The van der Waals surface area contributed by atoms with E-state index in [2.05, 4.69) is 46.7 Å². The highest BCUT2D eigenvalue weighted by atomic mass is 35.5. The van der Waals surface area contributed by atoms with Gasteiger partial charge < -0.3 is 40.0 Å². The molecule has 0 spiro atoms. The van der Waals surface area contributed by atoms with Crippen molar-refractivity contribution in [2.45, 2.75) is 39.2 Å². The number of para-hydroxylation sites is 1. The Hall–Kier alpha value is -5.16. The van der Waals surface area contributed by atoms with Crippen LogP contribution < -0.4 is 31.7 Å². The Morgan fingerprint density at radius 3 is 2.40 bits per heavy atom. The van der Waals surface area contributed by atoms with Crippen molar-refractivity contribution in [3.05, 3.63) is 87.1 Å². The van der Waals surface area contributed by atoms with Crippen LogP contribution in [-0.4, -0.2) is 128 Å². The van der Waals surface area contributed by atoms with Crippen molar-refractivity contribution in [2.24, 2.45) is 0 Å². The third kappa shape index (κ3) is 12.5. The first-order valence-electron chi connectivity index (χ1n) is 19.9. The predicted molar refractivity (Wildman–Crippen MR) is 227 cm³/mol. The fourth-order valence-electron chi connectivity index (χ4n) is 6.50. The lowest BCUT2D eigenvalue weighted by Crippen LogP contribution is -2.51. The first-order valence-corrected chi connectivity index (χ1v) is 21.1. The molecule has 6 rings (SSSR count). The van der Waals surface area contributed by atoms with Crippen LogP contribution >= 0.6 is 22.9 Å². The summed E-state index contributed by atoms with van der Waals surface area (Å²) in [5, 5.41) is 9.59. The van der Waals surface area contributed by atoms with Crippen molar-refractivity contribution >= 4 is 63.3 Å². The summed E-state index contributed by atoms with van der Waals surface area (Å²) < 4.78 is 56.7. The average molecular weight is 904 g/mol. The summed E-state index contributed by atoms with van der Waals surface area (Å²) in [6.45, 7) is 9.70. The van der Waals surface area contributed by atoms with Gasteiger partial charge in [0.2, 0.25) is 11.6 Å². The third-order valence-electron chi connectivity index (χ3n) is 9.91. The molecule has 2 fully saturated rings. The highest BCUT2D eigenvalue weighted by Gasteiger charge is 2.65. The van der Waals surface area contributed by atoms with Gasteiger partial charge in [0.25, 0.3) is 5.91 Å². The fraction of sp³-hybridized carbons (Fsp3) is 0.450. The van der Waals surface area contributed by atoms with Crippen LogP contribution in [0.3, 0.4) is 0 Å². The number of carbonyl (C=O) groups is 3. The number of halogens is 4. The van der Waals surface area contributed by atoms with E-state index in [1.807, 2.05) is 30.9 Å². The summed E-state index contributed by atoms with van der Waals surface area (Å²) in [5.41, 5.74) is 4.08. The Morgan fingerprint density at radius 1 is 0.984 bits per heavy atom. The van der Waals surface area contributed by atoms with Gasteiger partial charge in [0.15, 0.2) is 5.13 Å². The van der Waals surface area contributed by atoms with Crippen LogP contribution in [0.1, 0.15) is 39.1 Å². The highest BCUT2D eigenvalue weighted by Crippen LogP contribution is 2.42. The molecule has 0 radical (unpaired) electrons. The second-order valence-electron chi connectivity index (χ2n) is 14.3. The number of thiazole rings is 1. The van der Waals surface area contributed by atoms with Gasteiger partial charge in [-0.3, -0.25) is 14.5 Å². The van der Waals surface area contributed by atoms with Crippen molar-refractivity contribution in [2.75, 3.05) is 94.4 Å². The third-order valence-corrected chi connectivity index (χ3v) is 11.1. The van der Waals surface area contributed by atoms with E-state index >= 15 is 0 Å².